The predicted octanol–water partition coefficient (Wildman–Crippen LogP) is 3.10. The van der Waals surface area contributed by atoms with Gasteiger partial charge in [-0.25, -0.2) is 9.78 Å². The van der Waals surface area contributed by atoms with Crippen LogP contribution in [0, 0.1) is 0 Å². The molecule has 0 spiro atoms. The van der Waals surface area contributed by atoms with Crippen molar-refractivity contribution in [3.63, 3.8) is 0 Å². The van der Waals surface area contributed by atoms with Crippen molar-refractivity contribution in [2.45, 2.75) is 25.4 Å². The van der Waals surface area contributed by atoms with Crippen molar-refractivity contribution in [1.82, 2.24) is 20.2 Å². The molecule has 0 bridgehead atoms. The fourth-order valence-electron chi connectivity index (χ4n) is 3.97. The van der Waals surface area contributed by atoms with Crippen LogP contribution in [0.3, 0.4) is 0 Å². The largest absolute Gasteiger partial charge is 0.369 e. The molecule has 2 amide bonds. The van der Waals surface area contributed by atoms with Gasteiger partial charge in [0.05, 0.1) is 17.6 Å². The molecule has 1 aliphatic carbocycles. The normalized spacial score (nSPS) is 16.8. The second-order valence-corrected chi connectivity index (χ2v) is 7.71. The number of rotatable bonds is 5. The van der Waals surface area contributed by atoms with Gasteiger partial charge in [0.25, 0.3) is 0 Å². The lowest BCUT2D eigenvalue weighted by atomic mass is 10.2. The predicted molar refractivity (Wildman–Crippen MR) is 115 cm³/mol. The van der Waals surface area contributed by atoms with E-state index in [1.165, 1.54) is 18.5 Å². The molecule has 3 aromatic rings. The second-order valence-electron chi connectivity index (χ2n) is 7.71. The van der Waals surface area contributed by atoms with Crippen LogP contribution in [0.2, 0.25) is 0 Å². The highest BCUT2D eigenvalue weighted by Gasteiger charge is 2.28. The van der Waals surface area contributed by atoms with Gasteiger partial charge in [-0.3, -0.25) is 0 Å². The minimum absolute atomic E-state index is 0.214. The van der Waals surface area contributed by atoms with Gasteiger partial charge in [0.15, 0.2) is 0 Å². The lowest BCUT2D eigenvalue weighted by Crippen LogP contribution is -2.43. The van der Waals surface area contributed by atoms with E-state index < -0.39 is 0 Å². The molecule has 0 radical (unpaired) electrons. The summed E-state index contributed by atoms with van der Waals surface area (Å²) in [4.78, 5) is 19.5. The number of aromatic nitrogens is 2. The molecule has 2 heterocycles. The van der Waals surface area contributed by atoms with Crippen molar-refractivity contribution in [2.75, 3.05) is 36.4 Å². The molecule has 7 nitrogen and oxygen atoms in total. The van der Waals surface area contributed by atoms with E-state index in [2.05, 4.69) is 43.6 Å². The van der Waals surface area contributed by atoms with Gasteiger partial charge in [-0.2, -0.15) is 0 Å². The minimum atomic E-state index is -0.214. The molecule has 2 aromatic carbocycles. The Morgan fingerprint density at radius 1 is 1.07 bits per heavy atom. The number of para-hydroxylation sites is 2. The fourth-order valence-corrected chi connectivity index (χ4v) is 3.97. The van der Waals surface area contributed by atoms with Gasteiger partial charge in [0.2, 0.25) is 0 Å². The number of hydrogen-bond acceptors (Lipinski definition) is 4. The summed E-state index contributed by atoms with van der Waals surface area (Å²) in [6, 6.07) is 16.5. The first-order valence-electron chi connectivity index (χ1n) is 10.3. The van der Waals surface area contributed by atoms with Crippen LogP contribution in [-0.4, -0.2) is 41.8 Å². The summed E-state index contributed by atoms with van der Waals surface area (Å²) in [6.07, 6.45) is 2.36. The third-order valence-corrected chi connectivity index (χ3v) is 5.60. The Balaban J connectivity index is 1.21. The Labute approximate surface area is 170 Å². The number of piperazine rings is 1. The summed E-state index contributed by atoms with van der Waals surface area (Å²) in [6.45, 7) is 4.45. The van der Waals surface area contributed by atoms with Crippen LogP contribution in [0.5, 0.6) is 0 Å². The number of fused-ring (bicyclic) bond motifs is 1. The Morgan fingerprint density at radius 2 is 1.83 bits per heavy atom. The SMILES string of the molecule is O=C(NCc1nc2ccccc2n1C1CC1)Nc1ccc(N2CCNCC2)cc1. The molecule has 150 valence electrons. The third-order valence-electron chi connectivity index (χ3n) is 5.60. The lowest BCUT2D eigenvalue weighted by molar-refractivity contribution is 0.251. The summed E-state index contributed by atoms with van der Waals surface area (Å²) in [5.74, 6) is 0.915. The summed E-state index contributed by atoms with van der Waals surface area (Å²) < 4.78 is 2.28. The van der Waals surface area contributed by atoms with Gasteiger partial charge in [-0.05, 0) is 49.2 Å². The van der Waals surface area contributed by atoms with Gasteiger partial charge in [-0.1, -0.05) is 12.1 Å². The minimum Gasteiger partial charge on any atom is -0.369 e. The zero-order valence-electron chi connectivity index (χ0n) is 16.4. The number of urea groups is 1. The van der Waals surface area contributed by atoms with Crippen molar-refractivity contribution in [3.05, 3.63) is 54.4 Å². The highest BCUT2D eigenvalue weighted by Crippen LogP contribution is 2.38. The van der Waals surface area contributed by atoms with Crippen molar-refractivity contribution in [1.29, 1.82) is 0 Å². The van der Waals surface area contributed by atoms with E-state index in [0.29, 0.717) is 12.6 Å². The zero-order valence-corrected chi connectivity index (χ0v) is 16.4. The summed E-state index contributed by atoms with van der Waals surface area (Å²) in [7, 11) is 0. The smallest absolute Gasteiger partial charge is 0.319 e. The Morgan fingerprint density at radius 3 is 2.59 bits per heavy atom. The third kappa shape index (κ3) is 3.91. The lowest BCUT2D eigenvalue weighted by Gasteiger charge is -2.29. The number of benzene rings is 2. The van der Waals surface area contributed by atoms with Crippen LogP contribution in [0.4, 0.5) is 16.2 Å². The summed E-state index contributed by atoms with van der Waals surface area (Å²) in [5.41, 5.74) is 4.11. The number of nitrogens with zero attached hydrogens (tertiary/aromatic N) is 3. The van der Waals surface area contributed by atoms with Gasteiger partial charge in [-0.15, -0.1) is 0 Å². The van der Waals surface area contributed by atoms with E-state index in [0.717, 1.165) is 48.7 Å². The molecular weight excluding hydrogens is 364 g/mol. The van der Waals surface area contributed by atoms with Gasteiger partial charge in [0.1, 0.15) is 5.82 Å². The molecular formula is C22H26N6O. The van der Waals surface area contributed by atoms with Crippen LogP contribution >= 0.6 is 0 Å². The number of imidazole rings is 1. The molecule has 1 aromatic heterocycles. The van der Waals surface area contributed by atoms with Crippen LogP contribution in [0.25, 0.3) is 11.0 Å². The Kier molecular flexibility index (Phi) is 4.81. The zero-order chi connectivity index (χ0) is 19.6. The van der Waals surface area contributed by atoms with Crippen molar-refractivity contribution < 1.29 is 4.79 Å². The Hall–Kier alpha value is -3.06. The van der Waals surface area contributed by atoms with Crippen LogP contribution in [0.1, 0.15) is 24.7 Å². The molecule has 0 unspecified atom stereocenters. The molecule has 7 heteroatoms. The quantitative estimate of drug-likeness (QED) is 0.626. The van der Waals surface area contributed by atoms with Crippen LogP contribution < -0.4 is 20.9 Å². The average Bonchev–Trinajstić information content (AvgIpc) is 3.53. The molecule has 1 aliphatic heterocycles. The fraction of sp³-hybridized carbons (Fsp3) is 0.364. The first-order valence-corrected chi connectivity index (χ1v) is 10.3. The molecule has 1 saturated carbocycles. The van der Waals surface area contributed by atoms with E-state index >= 15 is 0 Å². The van der Waals surface area contributed by atoms with Crippen LogP contribution in [-0.2, 0) is 6.54 Å². The number of nitrogens with one attached hydrogen (secondary N) is 3. The van der Waals surface area contributed by atoms with Crippen molar-refractivity contribution >= 4 is 28.4 Å². The van der Waals surface area contributed by atoms with Gasteiger partial charge in [0, 0.05) is 43.6 Å². The number of carbonyl (C=O) groups is 1. The van der Waals surface area contributed by atoms with E-state index in [1.54, 1.807) is 0 Å². The molecule has 29 heavy (non-hydrogen) atoms. The van der Waals surface area contributed by atoms with E-state index in [4.69, 9.17) is 4.98 Å². The topological polar surface area (TPSA) is 74.2 Å². The van der Waals surface area contributed by atoms with Gasteiger partial charge >= 0.3 is 6.03 Å². The van der Waals surface area contributed by atoms with Gasteiger partial charge < -0.3 is 25.4 Å². The van der Waals surface area contributed by atoms with Crippen LogP contribution in [0.15, 0.2) is 48.5 Å². The highest BCUT2D eigenvalue weighted by atomic mass is 16.2. The van der Waals surface area contributed by atoms with Crippen molar-refractivity contribution in [3.8, 4) is 0 Å². The van der Waals surface area contributed by atoms with E-state index in [1.807, 2.05) is 30.3 Å². The maximum Gasteiger partial charge on any atom is 0.319 e. The molecule has 5 rings (SSSR count). The monoisotopic (exact) mass is 390 g/mol. The molecule has 2 fully saturated rings. The van der Waals surface area contributed by atoms with E-state index in [-0.39, 0.29) is 6.03 Å². The maximum absolute atomic E-state index is 12.4. The number of carbonyl (C=O) groups excluding carboxylic acids is 1. The summed E-state index contributed by atoms with van der Waals surface area (Å²) >= 11 is 0. The van der Waals surface area contributed by atoms with E-state index in [9.17, 15) is 4.79 Å². The second kappa shape index (κ2) is 7.75. The number of hydrogen-bond donors (Lipinski definition) is 3. The Bertz CT molecular complexity index is 1000. The first kappa shape index (κ1) is 18.0. The standard InChI is InChI=1S/C22H26N6O/c29-22(25-16-5-7-17(8-6-16)27-13-11-23-12-14-27)24-15-21-26-19-3-1-2-4-20(19)28(21)18-9-10-18/h1-8,18,23H,9-15H2,(H2,24,25,29). The highest BCUT2D eigenvalue weighted by molar-refractivity contribution is 5.89. The molecule has 1 saturated heterocycles. The summed E-state index contributed by atoms with van der Waals surface area (Å²) in [5, 5.41) is 9.24. The van der Waals surface area contributed by atoms with Crippen molar-refractivity contribution in [2.24, 2.45) is 0 Å². The molecule has 2 aliphatic rings. The maximum atomic E-state index is 12.4. The number of amides is 2. The first-order chi connectivity index (χ1) is 14.3. The number of anilines is 2. The molecule has 3 N–H and O–H groups in total. The molecule has 0 atom stereocenters. The average molecular weight is 390 g/mol.